The van der Waals surface area contributed by atoms with Crippen molar-refractivity contribution in [2.75, 3.05) is 26.4 Å². The van der Waals surface area contributed by atoms with Crippen LogP contribution in [-0.2, 0) is 0 Å². The van der Waals surface area contributed by atoms with Gasteiger partial charge < -0.3 is 56.8 Å². The van der Waals surface area contributed by atoms with E-state index in [2.05, 4.69) is 13.8 Å². The second-order valence-electron chi connectivity index (χ2n) is 29.8. The van der Waals surface area contributed by atoms with Crippen LogP contribution < -0.4 is 56.8 Å². The molecule has 10 rings (SSSR count). The molecule has 0 N–H and O–H groups in total. The third-order valence-electron chi connectivity index (χ3n) is 20.1. The minimum Gasteiger partial charge on any atom is -0.494 e. The Bertz CT molecular complexity index is 4560. The molecule has 0 unspecified atom stereocenters. The van der Waals surface area contributed by atoms with Crippen molar-refractivity contribution in [1.29, 1.82) is 0 Å². The fourth-order valence-corrected chi connectivity index (χ4v) is 13.1. The molecule has 0 amide bonds. The van der Waals surface area contributed by atoms with Crippen LogP contribution in [0.2, 0.25) is 0 Å². The number of benzene rings is 10. The quantitative estimate of drug-likeness (QED) is 0.0195. The van der Waals surface area contributed by atoms with Gasteiger partial charge in [-0.05, 0) is 244 Å². The van der Waals surface area contributed by atoms with Crippen LogP contribution in [0.25, 0.3) is 0 Å². The molecular weight excluding hydrogens is 1550 g/mol. The summed E-state index contributed by atoms with van der Waals surface area (Å²) in [6.45, 7) is 6.82. The van der Waals surface area contributed by atoms with Gasteiger partial charge in [-0.25, -0.2) is 38.4 Å². The summed E-state index contributed by atoms with van der Waals surface area (Å²) in [7, 11) is 0. The van der Waals surface area contributed by atoms with Gasteiger partial charge in [0.05, 0.1) is 70.9 Å². The Morgan fingerprint density at radius 1 is 0.164 bits per heavy atom. The van der Waals surface area contributed by atoms with Gasteiger partial charge in [-0.2, -0.15) is 0 Å². The van der Waals surface area contributed by atoms with Crippen molar-refractivity contribution >= 4 is 47.8 Å². The molecule has 10 aromatic carbocycles. The fraction of sp³-hybridized carbons (Fsp3) is 0.333. The third kappa shape index (κ3) is 32.7. The highest BCUT2D eigenvalue weighted by Gasteiger charge is 2.20. The maximum atomic E-state index is 13.1. The lowest BCUT2D eigenvalue weighted by molar-refractivity contribution is 0.0711. The average Bonchev–Trinajstić information content (AvgIpc) is 0.853. The van der Waals surface area contributed by atoms with Crippen LogP contribution >= 0.6 is 0 Å². The molecule has 0 aliphatic heterocycles. The number of rotatable bonds is 53. The molecule has 0 atom stereocenters. The van der Waals surface area contributed by atoms with E-state index in [1.54, 1.807) is 109 Å². The molecule has 20 nitrogen and oxygen atoms in total. The molecule has 0 fully saturated rings. The van der Waals surface area contributed by atoms with E-state index in [1.165, 1.54) is 236 Å². The summed E-state index contributed by atoms with van der Waals surface area (Å²) in [5.74, 6) is -0.788. The van der Waals surface area contributed by atoms with E-state index in [0.29, 0.717) is 72.1 Å². The zero-order valence-corrected chi connectivity index (χ0v) is 69.9. The molecule has 0 saturated heterocycles. The van der Waals surface area contributed by atoms with Gasteiger partial charge >= 0.3 is 47.8 Å². The molecule has 0 saturated carbocycles. The second-order valence-corrected chi connectivity index (χ2v) is 29.8. The number of ether oxygens (including phenoxy) is 12. The van der Waals surface area contributed by atoms with Crippen molar-refractivity contribution in [3.05, 3.63) is 287 Å². The van der Waals surface area contributed by atoms with Crippen LogP contribution in [0.15, 0.2) is 243 Å². The Kier molecular flexibility index (Phi) is 38.7. The lowest BCUT2D eigenvalue weighted by Gasteiger charge is -2.10. The van der Waals surface area contributed by atoms with E-state index in [0.717, 1.165) is 77.0 Å². The summed E-state index contributed by atoms with van der Waals surface area (Å²) in [5.41, 5.74) is 1.85. The predicted molar refractivity (Wildman–Crippen MR) is 467 cm³/mol. The smallest absolute Gasteiger partial charge is 0.343 e. The van der Waals surface area contributed by atoms with Crippen LogP contribution in [0.1, 0.15) is 276 Å². The van der Waals surface area contributed by atoms with Gasteiger partial charge in [-0.3, -0.25) is 0 Å². The summed E-state index contributed by atoms with van der Waals surface area (Å²) < 4.78 is 68.2. The molecule has 0 aliphatic rings. The van der Waals surface area contributed by atoms with Crippen molar-refractivity contribution in [2.24, 2.45) is 0 Å². The molecule has 0 spiro atoms. The first-order valence-electron chi connectivity index (χ1n) is 43.0. The molecule has 0 aromatic heterocycles. The number of hydrogen-bond donors (Lipinski definition) is 0. The summed E-state index contributed by atoms with van der Waals surface area (Å²) in [6.07, 6.45) is 33.3. The van der Waals surface area contributed by atoms with Crippen LogP contribution in [0, 0.1) is 0 Å². The average molecular weight is 1660 g/mol. The van der Waals surface area contributed by atoms with Crippen LogP contribution in [0.3, 0.4) is 0 Å². The highest BCUT2D eigenvalue weighted by molar-refractivity contribution is 5.97. The standard InChI is InChI=1S/C102H110O20/c1-3-5-7-9-11-13-15-19-23-29-71-113-85-61-65-89(66-62-85)117-95(103)75-37-41-77(42-38-75)99(107)119-91-33-31-35-93(73-91)121-101(109)81-49-57-87(58-50-81)115-97(105)79-45-53-83(54-46-79)111-69-27-25-21-17-18-22-26-28-70-112-84-55-47-80(48-56-84)98(106)116-88-59-51-82(52-60-88)102(110)122-94-36-32-34-92(74-94)120-100(108)78-43-39-76(40-44-78)96(104)118-90-67-63-86(64-68-90)114-72-30-24-20-16-14-12-10-8-6-4-2/h31-68,73-74H,3-30,69-72H2,1-2H3. The van der Waals surface area contributed by atoms with Crippen LogP contribution in [-0.4, -0.2) is 74.2 Å². The van der Waals surface area contributed by atoms with E-state index < -0.39 is 47.8 Å². The normalized spacial score (nSPS) is 10.9. The van der Waals surface area contributed by atoms with E-state index in [9.17, 15) is 38.4 Å². The Balaban J connectivity index is 0.524. The Hall–Kier alpha value is -12.8. The number of hydrogen-bond acceptors (Lipinski definition) is 20. The van der Waals surface area contributed by atoms with E-state index in [1.807, 2.05) is 0 Å². The van der Waals surface area contributed by atoms with E-state index in [-0.39, 0.29) is 67.9 Å². The van der Waals surface area contributed by atoms with Crippen LogP contribution in [0.4, 0.5) is 0 Å². The number of unbranched alkanes of at least 4 members (excludes halogenated alkanes) is 25. The highest BCUT2D eigenvalue weighted by Crippen LogP contribution is 2.29. The summed E-state index contributed by atoms with van der Waals surface area (Å²) >= 11 is 0. The minimum absolute atomic E-state index is 0.124. The number of carbonyl (C=O) groups is 8. The zero-order valence-electron chi connectivity index (χ0n) is 69.9. The van der Waals surface area contributed by atoms with Gasteiger partial charge in [0.1, 0.15) is 69.0 Å². The third-order valence-corrected chi connectivity index (χ3v) is 20.1. The van der Waals surface area contributed by atoms with Crippen molar-refractivity contribution in [3.63, 3.8) is 0 Å². The maximum Gasteiger partial charge on any atom is 0.343 e. The fourth-order valence-electron chi connectivity index (χ4n) is 13.1. The number of carbonyl (C=O) groups excluding carboxylic acids is 8. The van der Waals surface area contributed by atoms with Crippen molar-refractivity contribution in [3.8, 4) is 69.0 Å². The lowest BCUT2D eigenvalue weighted by atomic mass is 10.1. The Morgan fingerprint density at radius 3 is 0.492 bits per heavy atom. The molecule has 20 heteroatoms. The van der Waals surface area contributed by atoms with Crippen molar-refractivity contribution in [2.45, 2.75) is 194 Å². The highest BCUT2D eigenvalue weighted by atomic mass is 16.6. The maximum absolute atomic E-state index is 13.1. The van der Waals surface area contributed by atoms with Crippen LogP contribution in [0.5, 0.6) is 69.0 Å². The molecule has 0 heterocycles. The van der Waals surface area contributed by atoms with E-state index in [4.69, 9.17) is 56.8 Å². The van der Waals surface area contributed by atoms with Gasteiger partial charge in [0.15, 0.2) is 0 Å². The zero-order chi connectivity index (χ0) is 85.6. The largest absolute Gasteiger partial charge is 0.494 e. The van der Waals surface area contributed by atoms with Gasteiger partial charge in [-0.1, -0.05) is 180 Å². The summed E-state index contributed by atoms with van der Waals surface area (Å²) in [5, 5.41) is 0. The van der Waals surface area contributed by atoms with Gasteiger partial charge in [0.2, 0.25) is 0 Å². The Morgan fingerprint density at radius 2 is 0.303 bits per heavy atom. The minimum atomic E-state index is -0.693. The Labute approximate surface area is 715 Å². The number of esters is 8. The molecule has 0 radical (unpaired) electrons. The van der Waals surface area contributed by atoms with Crippen molar-refractivity contribution in [1.82, 2.24) is 0 Å². The second kappa shape index (κ2) is 51.6. The molecule has 0 aliphatic carbocycles. The van der Waals surface area contributed by atoms with Gasteiger partial charge in [-0.15, -0.1) is 0 Å². The van der Waals surface area contributed by atoms with Gasteiger partial charge in [0, 0.05) is 12.1 Å². The topological polar surface area (TPSA) is 247 Å². The van der Waals surface area contributed by atoms with Crippen molar-refractivity contribution < 1.29 is 95.2 Å². The van der Waals surface area contributed by atoms with E-state index >= 15 is 0 Å². The first kappa shape index (κ1) is 91.5. The first-order valence-corrected chi connectivity index (χ1v) is 43.0. The molecule has 122 heavy (non-hydrogen) atoms. The monoisotopic (exact) mass is 1650 g/mol. The lowest BCUT2D eigenvalue weighted by Crippen LogP contribution is -2.12. The first-order chi connectivity index (χ1) is 59.7. The molecule has 0 bridgehead atoms. The molecule has 10 aromatic rings. The predicted octanol–water partition coefficient (Wildman–Crippen LogP) is 24.6. The summed E-state index contributed by atoms with van der Waals surface area (Å²) in [6, 6.07) is 62.9. The SMILES string of the molecule is CCCCCCCCCCCCOc1ccc(OC(=O)c2ccc(C(=O)Oc3cccc(OC(=O)c4ccc(OC(=O)c5ccc(OCCCCCCCCCCOc6ccc(C(=O)Oc7ccc(C(=O)Oc8cccc(OC(=O)c9ccc(C(=O)Oc%10ccc(OCCCCCCCCCCCC)cc%10)cc9)c8)cc7)cc6)cc5)cc4)c3)cc2)cc1. The summed E-state index contributed by atoms with van der Waals surface area (Å²) in [4.78, 5) is 104. The molecular formula is C102H110O20. The molecule has 638 valence electrons. The van der Waals surface area contributed by atoms with Gasteiger partial charge in [0.25, 0.3) is 0 Å².